The molecule has 0 aromatic heterocycles. The zero-order valence-electron chi connectivity index (χ0n) is 14.0. The molecule has 1 aliphatic heterocycles. The molecule has 3 rings (SSSR count). The Hall–Kier alpha value is -2.04. The minimum absolute atomic E-state index is 0.153. The van der Waals surface area contributed by atoms with Crippen LogP contribution in [-0.4, -0.2) is 24.3 Å². The van der Waals surface area contributed by atoms with Gasteiger partial charge in [0.1, 0.15) is 11.5 Å². The highest BCUT2D eigenvalue weighted by molar-refractivity contribution is 5.64. The molecule has 0 saturated carbocycles. The van der Waals surface area contributed by atoms with Crippen LogP contribution in [-0.2, 0) is 9.47 Å². The molecule has 0 spiro atoms. The quantitative estimate of drug-likeness (QED) is 0.780. The molecule has 1 heterocycles. The van der Waals surface area contributed by atoms with Crippen molar-refractivity contribution in [2.24, 2.45) is 0 Å². The third-order valence-electron chi connectivity index (χ3n) is 4.10. The van der Waals surface area contributed by atoms with Crippen LogP contribution in [0.1, 0.15) is 32.6 Å². The Bertz CT molecular complexity index is 615. The van der Waals surface area contributed by atoms with Gasteiger partial charge in [0, 0.05) is 13.0 Å². The van der Waals surface area contributed by atoms with Gasteiger partial charge in [-0.25, -0.2) is 0 Å². The third-order valence-corrected chi connectivity index (χ3v) is 4.10. The van der Waals surface area contributed by atoms with Gasteiger partial charge in [-0.1, -0.05) is 31.2 Å². The number of hydrogen-bond donors (Lipinski definition) is 1. The van der Waals surface area contributed by atoms with Gasteiger partial charge in [0.2, 0.25) is 6.29 Å². The Labute approximate surface area is 143 Å². The van der Waals surface area contributed by atoms with Crippen LogP contribution >= 0.6 is 0 Å². The van der Waals surface area contributed by atoms with Crippen molar-refractivity contribution in [3.8, 4) is 22.6 Å². The molecule has 1 fully saturated rings. The van der Waals surface area contributed by atoms with Crippen molar-refractivity contribution in [2.45, 2.75) is 45.2 Å². The number of ether oxygens (including phenoxy) is 3. The maximum atomic E-state index is 9.36. The van der Waals surface area contributed by atoms with E-state index in [1.807, 2.05) is 43.3 Å². The van der Waals surface area contributed by atoms with E-state index in [4.69, 9.17) is 14.2 Å². The smallest absolute Gasteiger partial charge is 0.202 e. The van der Waals surface area contributed by atoms with E-state index in [9.17, 15) is 5.11 Å². The average molecular weight is 328 g/mol. The van der Waals surface area contributed by atoms with E-state index < -0.39 is 0 Å². The first kappa shape index (κ1) is 16.8. The van der Waals surface area contributed by atoms with Crippen LogP contribution < -0.4 is 4.74 Å². The van der Waals surface area contributed by atoms with E-state index in [0.717, 1.165) is 49.2 Å². The summed E-state index contributed by atoms with van der Waals surface area (Å²) < 4.78 is 17.4. The monoisotopic (exact) mass is 328 g/mol. The molecule has 0 aliphatic carbocycles. The number of phenols is 1. The Morgan fingerprint density at radius 3 is 2.29 bits per heavy atom. The highest BCUT2D eigenvalue weighted by atomic mass is 16.8. The first-order valence-corrected chi connectivity index (χ1v) is 8.58. The average Bonchev–Trinajstić information content (AvgIpc) is 2.63. The van der Waals surface area contributed by atoms with Crippen molar-refractivity contribution < 1.29 is 19.3 Å². The fraction of sp³-hybridized carbons (Fsp3) is 0.400. The molecule has 2 aromatic carbocycles. The van der Waals surface area contributed by atoms with Crippen molar-refractivity contribution in [2.75, 3.05) is 6.61 Å². The standard InChI is InChI=1S/C20H24O4/c1-2-19(24-20-5-3-4-14-22-20)23-18-12-8-16(9-13-18)15-6-10-17(21)11-7-15/h6-13,19-21H,2-5,14H2,1H3. The van der Waals surface area contributed by atoms with Gasteiger partial charge in [0.15, 0.2) is 6.29 Å². The highest BCUT2D eigenvalue weighted by Crippen LogP contribution is 2.25. The lowest BCUT2D eigenvalue weighted by molar-refractivity contribution is -0.231. The summed E-state index contributed by atoms with van der Waals surface area (Å²) in [5.41, 5.74) is 2.13. The van der Waals surface area contributed by atoms with E-state index >= 15 is 0 Å². The summed E-state index contributed by atoms with van der Waals surface area (Å²) in [6.45, 7) is 2.81. The van der Waals surface area contributed by atoms with Crippen LogP contribution in [0.4, 0.5) is 0 Å². The predicted molar refractivity (Wildman–Crippen MR) is 92.9 cm³/mol. The molecule has 1 N–H and O–H groups in total. The first-order valence-electron chi connectivity index (χ1n) is 8.58. The largest absolute Gasteiger partial charge is 0.508 e. The maximum absolute atomic E-state index is 9.36. The van der Waals surface area contributed by atoms with Gasteiger partial charge in [-0.3, -0.25) is 0 Å². The molecule has 4 heteroatoms. The molecular formula is C20H24O4. The van der Waals surface area contributed by atoms with Crippen molar-refractivity contribution in [1.29, 1.82) is 0 Å². The summed E-state index contributed by atoms with van der Waals surface area (Å²) in [5.74, 6) is 1.05. The normalized spacial score (nSPS) is 19.0. The van der Waals surface area contributed by atoms with Crippen molar-refractivity contribution in [3.05, 3.63) is 48.5 Å². The predicted octanol–water partition coefficient (Wildman–Crippen LogP) is 4.72. The van der Waals surface area contributed by atoms with Gasteiger partial charge >= 0.3 is 0 Å². The molecule has 2 unspecified atom stereocenters. The minimum Gasteiger partial charge on any atom is -0.508 e. The molecule has 2 aromatic rings. The number of phenolic OH excluding ortho intramolecular Hbond substituents is 1. The second kappa shape index (κ2) is 8.18. The Balaban J connectivity index is 1.60. The van der Waals surface area contributed by atoms with Crippen LogP contribution in [0.5, 0.6) is 11.5 Å². The van der Waals surface area contributed by atoms with Crippen LogP contribution in [0, 0.1) is 0 Å². The van der Waals surface area contributed by atoms with E-state index in [2.05, 4.69) is 0 Å². The Morgan fingerprint density at radius 1 is 1.04 bits per heavy atom. The van der Waals surface area contributed by atoms with E-state index in [1.54, 1.807) is 12.1 Å². The summed E-state index contributed by atoms with van der Waals surface area (Å²) >= 11 is 0. The summed E-state index contributed by atoms with van der Waals surface area (Å²) in [6, 6.07) is 15.0. The van der Waals surface area contributed by atoms with Crippen LogP contribution in [0.3, 0.4) is 0 Å². The lowest BCUT2D eigenvalue weighted by atomic mass is 10.1. The highest BCUT2D eigenvalue weighted by Gasteiger charge is 2.19. The fourth-order valence-corrected chi connectivity index (χ4v) is 2.73. The van der Waals surface area contributed by atoms with E-state index in [1.165, 1.54) is 0 Å². The Morgan fingerprint density at radius 2 is 1.71 bits per heavy atom. The molecular weight excluding hydrogens is 304 g/mol. The van der Waals surface area contributed by atoms with Gasteiger partial charge in [-0.05, 0) is 54.7 Å². The minimum atomic E-state index is -0.298. The molecule has 24 heavy (non-hydrogen) atoms. The summed E-state index contributed by atoms with van der Waals surface area (Å²) in [6.07, 6.45) is 3.49. The number of aromatic hydroxyl groups is 1. The van der Waals surface area contributed by atoms with Gasteiger partial charge in [-0.2, -0.15) is 0 Å². The van der Waals surface area contributed by atoms with E-state index in [0.29, 0.717) is 0 Å². The lowest BCUT2D eigenvalue weighted by Crippen LogP contribution is -2.30. The molecule has 2 atom stereocenters. The molecule has 0 bridgehead atoms. The molecule has 1 saturated heterocycles. The second-order valence-electron chi connectivity index (χ2n) is 5.96. The second-order valence-corrected chi connectivity index (χ2v) is 5.96. The zero-order valence-corrected chi connectivity index (χ0v) is 14.0. The first-order chi connectivity index (χ1) is 11.7. The third kappa shape index (κ3) is 4.49. The molecule has 0 amide bonds. The van der Waals surface area contributed by atoms with Gasteiger partial charge in [0.25, 0.3) is 0 Å². The molecule has 4 nitrogen and oxygen atoms in total. The van der Waals surface area contributed by atoms with Crippen LogP contribution in [0.15, 0.2) is 48.5 Å². The molecule has 128 valence electrons. The lowest BCUT2D eigenvalue weighted by Gasteiger charge is -2.27. The van der Waals surface area contributed by atoms with Gasteiger partial charge < -0.3 is 19.3 Å². The topological polar surface area (TPSA) is 47.9 Å². The SMILES string of the molecule is CCC(Oc1ccc(-c2ccc(O)cc2)cc1)OC1CCCCO1. The Kier molecular flexibility index (Phi) is 5.72. The zero-order chi connectivity index (χ0) is 16.8. The number of benzene rings is 2. The van der Waals surface area contributed by atoms with Crippen molar-refractivity contribution in [1.82, 2.24) is 0 Å². The van der Waals surface area contributed by atoms with Gasteiger partial charge in [-0.15, -0.1) is 0 Å². The number of rotatable bonds is 6. The van der Waals surface area contributed by atoms with Crippen molar-refractivity contribution >= 4 is 0 Å². The summed E-state index contributed by atoms with van der Waals surface area (Å²) in [4.78, 5) is 0. The van der Waals surface area contributed by atoms with Gasteiger partial charge in [0.05, 0.1) is 0 Å². The van der Waals surface area contributed by atoms with Crippen LogP contribution in [0.25, 0.3) is 11.1 Å². The summed E-state index contributed by atoms with van der Waals surface area (Å²) in [5, 5.41) is 9.36. The summed E-state index contributed by atoms with van der Waals surface area (Å²) in [7, 11) is 0. The molecule has 1 aliphatic rings. The number of hydrogen-bond acceptors (Lipinski definition) is 4. The fourth-order valence-electron chi connectivity index (χ4n) is 2.73. The van der Waals surface area contributed by atoms with E-state index in [-0.39, 0.29) is 18.3 Å². The van der Waals surface area contributed by atoms with Crippen molar-refractivity contribution in [3.63, 3.8) is 0 Å². The van der Waals surface area contributed by atoms with Crippen LogP contribution in [0.2, 0.25) is 0 Å². The maximum Gasteiger partial charge on any atom is 0.202 e. The molecule has 0 radical (unpaired) electrons.